The average Bonchev–Trinajstić information content (AvgIpc) is 3.21. The number of amides is 1. The van der Waals surface area contributed by atoms with Gasteiger partial charge in [0.2, 0.25) is 5.91 Å². The lowest BCUT2D eigenvalue weighted by Gasteiger charge is -2.24. The highest BCUT2D eigenvalue weighted by molar-refractivity contribution is 5.79. The molecule has 0 saturated carbocycles. The third kappa shape index (κ3) is 8.81. The number of alkyl halides is 3. The second kappa shape index (κ2) is 11.8. The normalized spacial score (nSPS) is 15.9. The van der Waals surface area contributed by atoms with E-state index in [4.69, 9.17) is 0 Å². The van der Waals surface area contributed by atoms with Gasteiger partial charge < -0.3 is 9.80 Å². The van der Waals surface area contributed by atoms with Crippen molar-refractivity contribution in [2.45, 2.75) is 45.2 Å². The maximum Gasteiger partial charge on any atom is 0.392 e. The number of hydrogen-bond acceptors (Lipinski definition) is 3. The summed E-state index contributed by atoms with van der Waals surface area (Å²) in [6.07, 6.45) is 5.68. The molecular formula is C22H30F3N3O. The number of halogens is 3. The van der Waals surface area contributed by atoms with Crippen LogP contribution < -0.4 is 0 Å². The summed E-state index contributed by atoms with van der Waals surface area (Å²) < 4.78 is 37.9. The number of rotatable bonds is 10. The molecule has 29 heavy (non-hydrogen) atoms. The van der Waals surface area contributed by atoms with Crippen LogP contribution in [0.2, 0.25) is 0 Å². The minimum atomic E-state index is -4.27. The first-order valence-electron chi connectivity index (χ1n) is 10.2. The lowest BCUT2D eigenvalue weighted by molar-refractivity contribution is -0.130. The first kappa shape index (κ1) is 23.1. The van der Waals surface area contributed by atoms with E-state index >= 15 is 0 Å². The van der Waals surface area contributed by atoms with Crippen LogP contribution in [-0.2, 0) is 4.79 Å². The zero-order valence-corrected chi connectivity index (χ0v) is 17.0. The van der Waals surface area contributed by atoms with Crippen molar-refractivity contribution in [1.29, 1.82) is 0 Å². The smallest absolute Gasteiger partial charge is 0.341 e. The Morgan fingerprint density at radius 2 is 1.90 bits per heavy atom. The minimum Gasteiger partial charge on any atom is -0.341 e. The molecule has 1 saturated heterocycles. The summed E-state index contributed by atoms with van der Waals surface area (Å²) in [6, 6.07) is 3.32. The lowest BCUT2D eigenvalue weighted by atomic mass is 10.0. The number of allylic oxidation sites excluding steroid dienone is 3. The predicted octanol–water partition coefficient (Wildman–Crippen LogP) is 4.70. The molecule has 1 aromatic heterocycles. The number of carbonyl (C=O) groups excluding carboxylic acids is 1. The van der Waals surface area contributed by atoms with E-state index in [0.29, 0.717) is 24.2 Å². The number of carbonyl (C=O) groups is 1. The Morgan fingerprint density at radius 3 is 2.52 bits per heavy atom. The maximum absolute atomic E-state index is 12.6. The molecular weight excluding hydrogens is 379 g/mol. The van der Waals surface area contributed by atoms with Gasteiger partial charge in [0.1, 0.15) is 0 Å². The molecule has 1 fully saturated rings. The van der Waals surface area contributed by atoms with Crippen LogP contribution in [0.25, 0.3) is 5.57 Å². The summed E-state index contributed by atoms with van der Waals surface area (Å²) in [5.41, 5.74) is 1.09. The summed E-state index contributed by atoms with van der Waals surface area (Å²) in [7, 11) is 0. The van der Waals surface area contributed by atoms with Crippen molar-refractivity contribution in [3.05, 3.63) is 48.3 Å². The molecule has 0 N–H and O–H groups in total. The van der Waals surface area contributed by atoms with Crippen LogP contribution in [0, 0.1) is 0 Å². The second-order valence-corrected chi connectivity index (χ2v) is 7.25. The summed E-state index contributed by atoms with van der Waals surface area (Å²) in [5.74, 6) is 0.00666. The van der Waals surface area contributed by atoms with Crippen molar-refractivity contribution in [3.63, 3.8) is 0 Å². The molecule has 1 amide bonds. The van der Waals surface area contributed by atoms with Crippen LogP contribution in [0.4, 0.5) is 13.2 Å². The van der Waals surface area contributed by atoms with E-state index in [0.717, 1.165) is 32.1 Å². The van der Waals surface area contributed by atoms with Gasteiger partial charge in [-0.05, 0) is 55.6 Å². The molecule has 1 aromatic rings. The van der Waals surface area contributed by atoms with Gasteiger partial charge in [-0.1, -0.05) is 25.2 Å². The first-order chi connectivity index (χ1) is 13.9. The highest BCUT2D eigenvalue weighted by Crippen LogP contribution is 2.24. The molecule has 0 aromatic carbocycles. The van der Waals surface area contributed by atoms with E-state index in [1.165, 1.54) is 25.2 Å². The van der Waals surface area contributed by atoms with E-state index in [-0.39, 0.29) is 12.3 Å². The molecule has 4 nitrogen and oxygen atoms in total. The third-order valence-electron chi connectivity index (χ3n) is 4.89. The van der Waals surface area contributed by atoms with Crippen molar-refractivity contribution in [2.24, 2.45) is 0 Å². The molecule has 7 heteroatoms. The fourth-order valence-corrected chi connectivity index (χ4v) is 3.37. The van der Waals surface area contributed by atoms with E-state index in [1.54, 1.807) is 24.3 Å². The fraction of sp³-hybridized carbons (Fsp3) is 0.545. The highest BCUT2D eigenvalue weighted by Gasteiger charge is 2.25. The molecule has 0 unspecified atom stereocenters. The molecule has 0 spiro atoms. The number of nitrogens with zero attached hydrogens (tertiary/aromatic N) is 3. The van der Waals surface area contributed by atoms with E-state index in [2.05, 4.69) is 9.88 Å². The molecule has 0 aliphatic carbocycles. The summed E-state index contributed by atoms with van der Waals surface area (Å²) in [5, 5.41) is 0. The standard InChI is InChI=1S/C22H30F3N3O/c1-2-14-28(18-17-27-15-3-4-16-27)21(29)7-5-6-19(8-11-22(23,24)25)20-9-12-26-13-10-20/h5-6,8-10,12-13H,2-4,7,11,14-18H2,1H3/b6-5-,19-8+. The number of aromatic nitrogens is 1. The molecule has 0 atom stereocenters. The lowest BCUT2D eigenvalue weighted by Crippen LogP contribution is -2.38. The monoisotopic (exact) mass is 409 g/mol. The molecule has 2 heterocycles. The molecule has 1 aliphatic rings. The van der Waals surface area contributed by atoms with Gasteiger partial charge >= 0.3 is 6.18 Å². The van der Waals surface area contributed by atoms with Gasteiger partial charge in [-0.25, -0.2) is 0 Å². The predicted molar refractivity (Wildman–Crippen MR) is 109 cm³/mol. The average molecular weight is 409 g/mol. The van der Waals surface area contributed by atoms with Crippen molar-refractivity contribution in [2.75, 3.05) is 32.7 Å². The van der Waals surface area contributed by atoms with Gasteiger partial charge in [0, 0.05) is 38.4 Å². The van der Waals surface area contributed by atoms with Gasteiger partial charge in [0.15, 0.2) is 0 Å². The second-order valence-electron chi connectivity index (χ2n) is 7.25. The van der Waals surface area contributed by atoms with E-state index < -0.39 is 12.6 Å². The Bertz CT molecular complexity index is 680. The van der Waals surface area contributed by atoms with E-state index in [1.807, 2.05) is 11.8 Å². The first-order valence-corrected chi connectivity index (χ1v) is 10.2. The van der Waals surface area contributed by atoms with Crippen LogP contribution in [0.5, 0.6) is 0 Å². The van der Waals surface area contributed by atoms with Crippen LogP contribution in [0.15, 0.2) is 42.8 Å². The molecule has 160 valence electrons. The van der Waals surface area contributed by atoms with Gasteiger partial charge in [0.25, 0.3) is 0 Å². The Balaban J connectivity index is 1.98. The Kier molecular flexibility index (Phi) is 9.38. The van der Waals surface area contributed by atoms with Crippen LogP contribution >= 0.6 is 0 Å². The number of pyridine rings is 1. The molecule has 2 rings (SSSR count). The fourth-order valence-electron chi connectivity index (χ4n) is 3.37. The van der Waals surface area contributed by atoms with Crippen molar-refractivity contribution in [3.8, 4) is 0 Å². The third-order valence-corrected chi connectivity index (χ3v) is 4.89. The quantitative estimate of drug-likeness (QED) is 0.526. The van der Waals surface area contributed by atoms with Gasteiger partial charge in [-0.3, -0.25) is 9.78 Å². The number of likely N-dealkylation sites (tertiary alicyclic amines) is 1. The highest BCUT2D eigenvalue weighted by atomic mass is 19.4. The van der Waals surface area contributed by atoms with Crippen molar-refractivity contribution < 1.29 is 18.0 Å². The summed E-state index contributed by atoms with van der Waals surface area (Å²) >= 11 is 0. The molecule has 1 aliphatic heterocycles. The van der Waals surface area contributed by atoms with Crippen molar-refractivity contribution >= 4 is 11.5 Å². The minimum absolute atomic E-state index is 0.00666. The van der Waals surface area contributed by atoms with Crippen LogP contribution in [0.1, 0.15) is 44.6 Å². The topological polar surface area (TPSA) is 36.4 Å². The SMILES string of the molecule is CCCN(CCN1CCCC1)C(=O)C/C=C\C(=C/CC(F)(F)F)c1ccncc1. The molecule has 0 bridgehead atoms. The molecule has 0 radical (unpaired) electrons. The Hall–Kier alpha value is -2.15. The Labute approximate surface area is 171 Å². The summed E-state index contributed by atoms with van der Waals surface area (Å²) in [6.45, 7) is 6.49. The maximum atomic E-state index is 12.6. The zero-order valence-electron chi connectivity index (χ0n) is 17.0. The Morgan fingerprint density at radius 1 is 1.21 bits per heavy atom. The van der Waals surface area contributed by atoms with Gasteiger partial charge in [-0.2, -0.15) is 13.2 Å². The zero-order chi connectivity index (χ0) is 21.1. The van der Waals surface area contributed by atoms with Crippen molar-refractivity contribution in [1.82, 2.24) is 14.8 Å². The van der Waals surface area contributed by atoms with Crippen LogP contribution in [-0.4, -0.2) is 59.6 Å². The largest absolute Gasteiger partial charge is 0.392 e. The van der Waals surface area contributed by atoms with Gasteiger partial charge in [-0.15, -0.1) is 0 Å². The van der Waals surface area contributed by atoms with Gasteiger partial charge in [0.05, 0.1) is 6.42 Å². The van der Waals surface area contributed by atoms with E-state index in [9.17, 15) is 18.0 Å². The number of hydrogen-bond donors (Lipinski definition) is 0. The summed E-state index contributed by atoms with van der Waals surface area (Å²) in [4.78, 5) is 20.7. The van der Waals surface area contributed by atoms with Crippen LogP contribution in [0.3, 0.4) is 0 Å².